The summed E-state index contributed by atoms with van der Waals surface area (Å²) in [6.07, 6.45) is 0.592. The second-order valence-corrected chi connectivity index (χ2v) is 6.86. The summed E-state index contributed by atoms with van der Waals surface area (Å²) in [6, 6.07) is 13.2. The first-order chi connectivity index (χ1) is 14.1. The highest BCUT2D eigenvalue weighted by Crippen LogP contribution is 2.32. The average Bonchev–Trinajstić information content (AvgIpc) is 3.21. The zero-order valence-corrected chi connectivity index (χ0v) is 16.3. The summed E-state index contributed by atoms with van der Waals surface area (Å²) in [5.74, 6) is 2.12. The summed E-state index contributed by atoms with van der Waals surface area (Å²) >= 11 is 0. The quantitative estimate of drug-likeness (QED) is 0.687. The molecule has 1 aliphatic heterocycles. The van der Waals surface area contributed by atoms with Crippen molar-refractivity contribution in [3.05, 3.63) is 48.4 Å². The van der Waals surface area contributed by atoms with Crippen molar-refractivity contribution in [2.24, 2.45) is 0 Å². The third-order valence-corrected chi connectivity index (χ3v) is 4.50. The first kappa shape index (κ1) is 18.8. The molecular formula is C21H22N4O4. The van der Waals surface area contributed by atoms with Gasteiger partial charge in [-0.2, -0.15) is 4.98 Å². The van der Waals surface area contributed by atoms with Crippen molar-refractivity contribution in [2.45, 2.75) is 12.8 Å². The number of amides is 1. The first-order valence-corrected chi connectivity index (χ1v) is 9.38. The Morgan fingerprint density at radius 2 is 1.83 bits per heavy atom. The molecule has 0 atom stereocenters. The van der Waals surface area contributed by atoms with E-state index in [2.05, 4.69) is 15.5 Å². The molecule has 0 radical (unpaired) electrons. The summed E-state index contributed by atoms with van der Waals surface area (Å²) in [5.41, 5.74) is 2.62. The number of nitrogens with zero attached hydrogens (tertiary/aromatic N) is 3. The van der Waals surface area contributed by atoms with Gasteiger partial charge >= 0.3 is 0 Å². The van der Waals surface area contributed by atoms with Crippen LogP contribution in [0.4, 0.5) is 11.4 Å². The highest BCUT2D eigenvalue weighted by Gasteiger charge is 2.14. The molecule has 8 nitrogen and oxygen atoms in total. The summed E-state index contributed by atoms with van der Waals surface area (Å²) in [4.78, 5) is 18.7. The van der Waals surface area contributed by atoms with Gasteiger partial charge in [0.2, 0.25) is 17.6 Å². The number of fused-ring (bicyclic) bond motifs is 1. The number of nitrogens with one attached hydrogen (secondary N) is 1. The molecule has 4 rings (SSSR count). The summed E-state index contributed by atoms with van der Waals surface area (Å²) in [5, 5.41) is 6.86. The number of carbonyl (C=O) groups is 1. The zero-order chi connectivity index (χ0) is 20.2. The van der Waals surface area contributed by atoms with Crippen LogP contribution in [0.3, 0.4) is 0 Å². The topological polar surface area (TPSA) is 89.7 Å². The van der Waals surface area contributed by atoms with Crippen molar-refractivity contribution in [1.82, 2.24) is 10.1 Å². The fourth-order valence-electron chi connectivity index (χ4n) is 2.95. The van der Waals surface area contributed by atoms with E-state index in [9.17, 15) is 4.79 Å². The third-order valence-electron chi connectivity index (χ3n) is 4.50. The normalized spacial score (nSPS) is 12.5. The lowest BCUT2D eigenvalue weighted by atomic mass is 10.2. The molecule has 150 valence electrons. The van der Waals surface area contributed by atoms with Crippen LogP contribution in [0.25, 0.3) is 11.4 Å². The molecule has 1 N–H and O–H groups in total. The van der Waals surface area contributed by atoms with Crippen molar-refractivity contribution in [1.29, 1.82) is 0 Å². The Morgan fingerprint density at radius 3 is 2.59 bits per heavy atom. The molecule has 3 aromatic rings. The molecule has 29 heavy (non-hydrogen) atoms. The van der Waals surface area contributed by atoms with Crippen LogP contribution in [0.2, 0.25) is 0 Å². The highest BCUT2D eigenvalue weighted by atomic mass is 16.6. The predicted octanol–water partition coefficient (Wildman–Crippen LogP) is 3.15. The van der Waals surface area contributed by atoms with Crippen LogP contribution in [-0.2, 0) is 11.2 Å². The minimum absolute atomic E-state index is 0.142. The molecule has 8 heteroatoms. The SMILES string of the molecule is CN(C)c1ccc(-c2noc(CCC(=O)Nc3ccc4c(c3)OCCO4)n2)cc1. The van der Waals surface area contributed by atoms with Gasteiger partial charge in [-0.3, -0.25) is 4.79 Å². The fourth-order valence-corrected chi connectivity index (χ4v) is 2.95. The molecule has 0 unspecified atom stereocenters. The fraction of sp³-hybridized carbons (Fsp3) is 0.286. The van der Waals surface area contributed by atoms with E-state index < -0.39 is 0 Å². The maximum atomic E-state index is 12.3. The number of aromatic nitrogens is 2. The third kappa shape index (κ3) is 4.48. The second-order valence-electron chi connectivity index (χ2n) is 6.86. The number of benzene rings is 2. The van der Waals surface area contributed by atoms with E-state index in [0.29, 0.717) is 48.5 Å². The minimum Gasteiger partial charge on any atom is -0.486 e. The van der Waals surface area contributed by atoms with Gasteiger partial charge in [0.1, 0.15) is 13.2 Å². The minimum atomic E-state index is -0.142. The van der Waals surface area contributed by atoms with Crippen LogP contribution in [0.1, 0.15) is 12.3 Å². The Bertz CT molecular complexity index is 998. The molecule has 1 aliphatic rings. The van der Waals surface area contributed by atoms with Crippen LogP contribution in [0.15, 0.2) is 47.0 Å². The predicted molar refractivity (Wildman–Crippen MR) is 108 cm³/mol. The lowest BCUT2D eigenvalue weighted by Gasteiger charge is -2.18. The van der Waals surface area contributed by atoms with Crippen LogP contribution in [0.5, 0.6) is 11.5 Å². The van der Waals surface area contributed by atoms with E-state index in [1.165, 1.54) is 0 Å². The molecule has 1 amide bonds. The monoisotopic (exact) mass is 394 g/mol. The van der Waals surface area contributed by atoms with Crippen molar-refractivity contribution < 1.29 is 18.8 Å². The Morgan fingerprint density at radius 1 is 1.07 bits per heavy atom. The van der Waals surface area contributed by atoms with Crippen LogP contribution in [0, 0.1) is 0 Å². The van der Waals surface area contributed by atoms with E-state index in [4.69, 9.17) is 14.0 Å². The molecular weight excluding hydrogens is 372 g/mol. The number of rotatable bonds is 6. The number of anilines is 2. The van der Waals surface area contributed by atoms with Crippen molar-refractivity contribution >= 4 is 17.3 Å². The largest absolute Gasteiger partial charge is 0.486 e. The lowest BCUT2D eigenvalue weighted by Crippen LogP contribution is -2.16. The van der Waals surface area contributed by atoms with Gasteiger partial charge < -0.3 is 24.2 Å². The number of carbonyl (C=O) groups excluding carboxylic acids is 1. The zero-order valence-electron chi connectivity index (χ0n) is 16.3. The number of aryl methyl sites for hydroxylation is 1. The van der Waals surface area contributed by atoms with Crippen molar-refractivity contribution in [3.8, 4) is 22.9 Å². The van der Waals surface area contributed by atoms with Gasteiger partial charge in [0.15, 0.2) is 11.5 Å². The summed E-state index contributed by atoms with van der Waals surface area (Å²) in [6.45, 7) is 1.03. The van der Waals surface area contributed by atoms with Crippen LogP contribution < -0.4 is 19.7 Å². The molecule has 0 saturated heterocycles. The Balaban J connectivity index is 1.33. The molecule has 2 aromatic carbocycles. The number of hydrogen-bond donors (Lipinski definition) is 1. The molecule has 0 fully saturated rings. The molecule has 0 bridgehead atoms. The molecule has 0 saturated carbocycles. The number of ether oxygens (including phenoxy) is 2. The van der Waals surface area contributed by atoms with Gasteiger partial charge in [0.25, 0.3) is 0 Å². The van der Waals surface area contributed by atoms with Gasteiger partial charge in [-0.1, -0.05) is 5.16 Å². The highest BCUT2D eigenvalue weighted by molar-refractivity contribution is 5.91. The van der Waals surface area contributed by atoms with Gasteiger partial charge in [0.05, 0.1) is 0 Å². The van der Waals surface area contributed by atoms with E-state index >= 15 is 0 Å². The second kappa shape index (κ2) is 8.22. The van der Waals surface area contributed by atoms with Crippen molar-refractivity contribution in [2.75, 3.05) is 37.5 Å². The maximum absolute atomic E-state index is 12.3. The van der Waals surface area contributed by atoms with Crippen LogP contribution in [-0.4, -0.2) is 43.4 Å². The van der Waals surface area contributed by atoms with Crippen LogP contribution >= 0.6 is 0 Å². The Hall–Kier alpha value is -3.55. The first-order valence-electron chi connectivity index (χ1n) is 9.38. The molecule has 0 aliphatic carbocycles. The van der Waals surface area contributed by atoms with E-state index in [1.54, 1.807) is 18.2 Å². The van der Waals surface area contributed by atoms with Crippen molar-refractivity contribution in [3.63, 3.8) is 0 Å². The average molecular weight is 394 g/mol. The van der Waals surface area contributed by atoms with E-state index in [-0.39, 0.29) is 12.3 Å². The molecule has 0 spiro atoms. The molecule has 2 heterocycles. The Kier molecular flexibility index (Phi) is 5.33. The standard InChI is InChI=1S/C21H22N4O4/c1-25(2)16-6-3-14(4-7-16)21-23-20(29-24-21)10-9-19(26)22-15-5-8-17-18(13-15)28-12-11-27-17/h3-8,13H,9-12H2,1-2H3,(H,22,26). The lowest BCUT2D eigenvalue weighted by molar-refractivity contribution is -0.116. The summed E-state index contributed by atoms with van der Waals surface area (Å²) < 4.78 is 16.3. The van der Waals surface area contributed by atoms with Gasteiger partial charge in [-0.05, 0) is 36.4 Å². The van der Waals surface area contributed by atoms with Gasteiger partial charge in [-0.25, -0.2) is 0 Å². The maximum Gasteiger partial charge on any atom is 0.227 e. The number of hydrogen-bond acceptors (Lipinski definition) is 7. The van der Waals surface area contributed by atoms with E-state index in [1.807, 2.05) is 43.3 Å². The Labute approximate surface area is 168 Å². The summed E-state index contributed by atoms with van der Waals surface area (Å²) in [7, 11) is 3.97. The molecule has 1 aromatic heterocycles. The van der Waals surface area contributed by atoms with Gasteiger partial charge in [-0.15, -0.1) is 0 Å². The smallest absolute Gasteiger partial charge is 0.227 e. The van der Waals surface area contributed by atoms with Gasteiger partial charge in [0, 0.05) is 49.9 Å². The van der Waals surface area contributed by atoms with E-state index in [0.717, 1.165) is 11.3 Å².